The van der Waals surface area contributed by atoms with Gasteiger partial charge in [0.2, 0.25) is 0 Å². The SMILES string of the molecule is Cc1ccc(O)c(-n2nnc(-c3ccccc3)c2N)c1. The molecule has 1 aromatic heterocycles. The van der Waals surface area contributed by atoms with Crippen LogP contribution >= 0.6 is 0 Å². The molecule has 3 N–H and O–H groups in total. The number of anilines is 1. The van der Waals surface area contributed by atoms with Crippen molar-refractivity contribution in [3.05, 3.63) is 54.1 Å². The molecule has 0 aliphatic rings. The second-order valence-corrected chi connectivity index (χ2v) is 4.59. The van der Waals surface area contributed by atoms with Crippen LogP contribution in [0.4, 0.5) is 5.82 Å². The van der Waals surface area contributed by atoms with E-state index in [1.807, 2.05) is 49.4 Å². The van der Waals surface area contributed by atoms with E-state index in [2.05, 4.69) is 10.3 Å². The maximum absolute atomic E-state index is 9.95. The maximum atomic E-state index is 9.95. The van der Waals surface area contributed by atoms with Crippen LogP contribution in [0.15, 0.2) is 48.5 Å². The summed E-state index contributed by atoms with van der Waals surface area (Å²) < 4.78 is 1.45. The third kappa shape index (κ3) is 1.99. The Labute approximate surface area is 116 Å². The number of nitrogen functional groups attached to an aromatic ring is 1. The monoisotopic (exact) mass is 266 g/mol. The zero-order chi connectivity index (χ0) is 14.1. The molecule has 5 nitrogen and oxygen atoms in total. The van der Waals surface area contributed by atoms with Crippen LogP contribution in [0.3, 0.4) is 0 Å². The predicted molar refractivity (Wildman–Crippen MR) is 77.6 cm³/mol. The number of hydrogen-bond acceptors (Lipinski definition) is 4. The molecule has 0 saturated carbocycles. The minimum absolute atomic E-state index is 0.117. The van der Waals surface area contributed by atoms with Crippen molar-refractivity contribution in [1.29, 1.82) is 0 Å². The average molecular weight is 266 g/mol. The van der Waals surface area contributed by atoms with Crippen molar-refractivity contribution < 1.29 is 5.11 Å². The van der Waals surface area contributed by atoms with Crippen LogP contribution in [0.1, 0.15) is 5.56 Å². The molecule has 0 spiro atoms. The lowest BCUT2D eigenvalue weighted by molar-refractivity contribution is 0.470. The van der Waals surface area contributed by atoms with Crippen molar-refractivity contribution in [3.63, 3.8) is 0 Å². The number of benzene rings is 2. The Morgan fingerprint density at radius 2 is 1.85 bits per heavy atom. The largest absolute Gasteiger partial charge is 0.506 e. The van der Waals surface area contributed by atoms with Gasteiger partial charge in [0, 0.05) is 5.56 Å². The maximum Gasteiger partial charge on any atom is 0.156 e. The highest BCUT2D eigenvalue weighted by Crippen LogP contribution is 2.29. The molecule has 20 heavy (non-hydrogen) atoms. The normalized spacial score (nSPS) is 10.7. The molecule has 0 fully saturated rings. The number of nitrogens with zero attached hydrogens (tertiary/aromatic N) is 3. The molecule has 2 aromatic carbocycles. The van der Waals surface area contributed by atoms with Gasteiger partial charge < -0.3 is 10.8 Å². The fourth-order valence-electron chi connectivity index (χ4n) is 2.07. The number of aromatic nitrogens is 3. The van der Waals surface area contributed by atoms with E-state index in [0.29, 0.717) is 17.2 Å². The molecule has 0 radical (unpaired) electrons. The molecule has 0 amide bonds. The summed E-state index contributed by atoms with van der Waals surface area (Å²) in [5, 5.41) is 18.1. The van der Waals surface area contributed by atoms with Crippen molar-refractivity contribution in [3.8, 4) is 22.7 Å². The molecule has 0 saturated heterocycles. The van der Waals surface area contributed by atoms with Gasteiger partial charge in [0.05, 0.1) is 0 Å². The minimum Gasteiger partial charge on any atom is -0.506 e. The summed E-state index contributed by atoms with van der Waals surface area (Å²) in [6, 6.07) is 14.8. The highest BCUT2D eigenvalue weighted by molar-refractivity contribution is 5.71. The number of phenols is 1. The van der Waals surface area contributed by atoms with Gasteiger partial charge in [-0.25, -0.2) is 0 Å². The Hall–Kier alpha value is -2.82. The van der Waals surface area contributed by atoms with Gasteiger partial charge in [0.25, 0.3) is 0 Å². The van der Waals surface area contributed by atoms with Crippen LogP contribution in [0.25, 0.3) is 16.9 Å². The summed E-state index contributed by atoms with van der Waals surface area (Å²) in [5.41, 5.74) is 9.14. The van der Waals surface area contributed by atoms with Crippen LogP contribution in [0, 0.1) is 6.92 Å². The van der Waals surface area contributed by atoms with Crippen molar-refractivity contribution in [2.45, 2.75) is 6.92 Å². The highest BCUT2D eigenvalue weighted by atomic mass is 16.3. The number of aryl methyl sites for hydroxylation is 1. The Bertz CT molecular complexity index is 750. The zero-order valence-corrected chi connectivity index (χ0v) is 11.0. The molecule has 0 unspecified atom stereocenters. The molecule has 0 bridgehead atoms. The van der Waals surface area contributed by atoms with Gasteiger partial charge in [-0.05, 0) is 24.6 Å². The van der Waals surface area contributed by atoms with Gasteiger partial charge in [-0.1, -0.05) is 41.6 Å². The first kappa shape index (κ1) is 12.2. The summed E-state index contributed by atoms with van der Waals surface area (Å²) in [4.78, 5) is 0. The zero-order valence-electron chi connectivity index (χ0n) is 11.0. The first-order valence-corrected chi connectivity index (χ1v) is 6.23. The van der Waals surface area contributed by atoms with E-state index in [4.69, 9.17) is 5.73 Å². The first-order valence-electron chi connectivity index (χ1n) is 6.23. The summed E-state index contributed by atoms with van der Waals surface area (Å²) in [6.07, 6.45) is 0. The van der Waals surface area contributed by atoms with Gasteiger partial charge in [0.15, 0.2) is 5.82 Å². The van der Waals surface area contributed by atoms with Gasteiger partial charge in [-0.3, -0.25) is 0 Å². The lowest BCUT2D eigenvalue weighted by Crippen LogP contribution is -2.03. The van der Waals surface area contributed by atoms with Crippen LogP contribution < -0.4 is 5.73 Å². The molecule has 0 atom stereocenters. The van der Waals surface area contributed by atoms with Crippen LogP contribution in [0.5, 0.6) is 5.75 Å². The minimum atomic E-state index is 0.117. The van der Waals surface area contributed by atoms with E-state index >= 15 is 0 Å². The van der Waals surface area contributed by atoms with Crippen molar-refractivity contribution in [2.75, 3.05) is 5.73 Å². The third-order valence-electron chi connectivity index (χ3n) is 3.11. The molecule has 0 aliphatic heterocycles. The van der Waals surface area contributed by atoms with Crippen LogP contribution in [-0.4, -0.2) is 20.1 Å². The first-order chi connectivity index (χ1) is 9.66. The Morgan fingerprint density at radius 3 is 2.60 bits per heavy atom. The van der Waals surface area contributed by atoms with Gasteiger partial charge in [0.1, 0.15) is 17.1 Å². The fourth-order valence-corrected chi connectivity index (χ4v) is 2.07. The molecule has 3 rings (SSSR count). The quantitative estimate of drug-likeness (QED) is 0.747. The van der Waals surface area contributed by atoms with E-state index in [0.717, 1.165) is 11.1 Å². The molecule has 5 heteroatoms. The van der Waals surface area contributed by atoms with E-state index < -0.39 is 0 Å². The smallest absolute Gasteiger partial charge is 0.156 e. The Balaban J connectivity index is 2.14. The molecule has 100 valence electrons. The van der Waals surface area contributed by atoms with Crippen LogP contribution in [0.2, 0.25) is 0 Å². The average Bonchev–Trinajstić information content (AvgIpc) is 2.84. The van der Waals surface area contributed by atoms with Crippen LogP contribution in [-0.2, 0) is 0 Å². The van der Waals surface area contributed by atoms with Gasteiger partial charge in [-0.15, -0.1) is 5.10 Å². The number of phenolic OH excluding ortho intramolecular Hbond substituents is 1. The third-order valence-corrected chi connectivity index (χ3v) is 3.11. The Kier molecular flexibility index (Phi) is 2.87. The van der Waals surface area contributed by atoms with Crippen molar-refractivity contribution in [1.82, 2.24) is 15.0 Å². The summed E-state index contributed by atoms with van der Waals surface area (Å²) >= 11 is 0. The molecular weight excluding hydrogens is 252 g/mol. The van der Waals surface area contributed by atoms with E-state index in [1.54, 1.807) is 6.07 Å². The number of hydrogen-bond donors (Lipinski definition) is 2. The second-order valence-electron chi connectivity index (χ2n) is 4.59. The lowest BCUT2D eigenvalue weighted by Gasteiger charge is -2.07. The fraction of sp³-hybridized carbons (Fsp3) is 0.0667. The highest BCUT2D eigenvalue weighted by Gasteiger charge is 2.15. The van der Waals surface area contributed by atoms with E-state index in [1.165, 1.54) is 4.68 Å². The second kappa shape index (κ2) is 4.70. The van der Waals surface area contributed by atoms with Gasteiger partial charge in [-0.2, -0.15) is 4.68 Å². The standard InChI is InChI=1S/C15H14N4O/c1-10-7-8-13(20)12(9-10)19-15(16)14(17-18-19)11-5-3-2-4-6-11/h2-9,20H,16H2,1H3. The molecular formula is C15H14N4O. The number of rotatable bonds is 2. The number of aromatic hydroxyl groups is 1. The predicted octanol–water partition coefficient (Wildman–Crippen LogP) is 2.53. The number of nitrogens with two attached hydrogens (primary N) is 1. The lowest BCUT2D eigenvalue weighted by atomic mass is 10.1. The van der Waals surface area contributed by atoms with Gasteiger partial charge >= 0.3 is 0 Å². The summed E-state index contributed by atoms with van der Waals surface area (Å²) in [6.45, 7) is 1.94. The molecule has 0 aliphatic carbocycles. The Morgan fingerprint density at radius 1 is 1.10 bits per heavy atom. The van der Waals surface area contributed by atoms with Crippen molar-refractivity contribution >= 4 is 5.82 Å². The molecule has 3 aromatic rings. The molecule has 1 heterocycles. The topological polar surface area (TPSA) is 77.0 Å². The van der Waals surface area contributed by atoms with E-state index in [-0.39, 0.29) is 5.75 Å². The summed E-state index contributed by atoms with van der Waals surface area (Å²) in [5.74, 6) is 0.518. The summed E-state index contributed by atoms with van der Waals surface area (Å²) in [7, 11) is 0. The van der Waals surface area contributed by atoms with E-state index in [9.17, 15) is 5.11 Å². The van der Waals surface area contributed by atoms with Crippen molar-refractivity contribution in [2.24, 2.45) is 0 Å².